The minimum atomic E-state index is 1.54. The molecule has 0 aromatic heterocycles. The Morgan fingerprint density at radius 2 is 1.80 bits per heavy atom. The van der Waals surface area contributed by atoms with Crippen molar-refractivity contribution in [2.45, 2.75) is 0 Å². The molecule has 0 bridgehead atoms. The molecule has 0 aliphatic heterocycles. The van der Waals surface area contributed by atoms with Gasteiger partial charge in [-0.1, -0.05) is 0 Å². The normalized spacial score (nSPS) is 6.80. The quantitative estimate of drug-likeness (QED) is 0.201. The van der Waals surface area contributed by atoms with Crippen molar-refractivity contribution in [3.05, 3.63) is 0 Å². The molecule has 0 aromatic carbocycles. The van der Waals surface area contributed by atoms with E-state index >= 15 is 0 Å². The van der Waals surface area contributed by atoms with Crippen LogP contribution in [0.25, 0.3) is 0 Å². The van der Waals surface area contributed by atoms with Gasteiger partial charge in [0, 0.05) is 0 Å². The van der Waals surface area contributed by atoms with Crippen molar-refractivity contribution in [3.8, 4) is 0 Å². The zero-order valence-corrected chi connectivity index (χ0v) is 3.45. The van der Waals surface area contributed by atoms with Gasteiger partial charge < -0.3 is 16.6 Å². The van der Waals surface area contributed by atoms with Crippen molar-refractivity contribution in [1.29, 1.82) is 5.41 Å². The molecule has 0 rings (SSSR count). The Morgan fingerprint density at radius 1 is 1.60 bits per heavy atom. The minimum Gasteiger partial charge on any atom is -0.543 e. The Kier molecular flexibility index (Phi) is 1.57. The Bertz CT molecular complexity index is 31.9. The average Bonchev–Trinajstić information content (AvgIpc) is 1.38. The second kappa shape index (κ2) is 1.76. The highest BCUT2D eigenvalue weighted by molar-refractivity contribution is 5.49. The standard InChI is InChI=1S/C3H7N2/c1-5(2)3-4/h4H,1-2H3/q-1. The maximum atomic E-state index is 6.33. The molecular formula is C3H7N2-. The van der Waals surface area contributed by atoms with E-state index in [-0.39, 0.29) is 0 Å². The third-order valence-corrected chi connectivity index (χ3v) is 0.224. The highest BCUT2D eigenvalue weighted by Crippen LogP contribution is 1.53. The number of hydrogen-bond acceptors (Lipinski definition) is 1. The third kappa shape index (κ3) is 3.47. The van der Waals surface area contributed by atoms with Crippen molar-refractivity contribution in [1.82, 2.24) is 4.90 Å². The fraction of sp³-hybridized carbons (Fsp3) is 0.667. The maximum Gasteiger partial charge on any atom is -0.0256 e. The van der Waals surface area contributed by atoms with E-state index in [1.165, 1.54) is 0 Å². The zero-order chi connectivity index (χ0) is 4.28. The summed E-state index contributed by atoms with van der Waals surface area (Å²) in [6.07, 6.45) is 2.11. The van der Waals surface area contributed by atoms with Crippen LogP contribution in [-0.4, -0.2) is 25.3 Å². The van der Waals surface area contributed by atoms with Crippen LogP contribution in [0.15, 0.2) is 0 Å². The summed E-state index contributed by atoms with van der Waals surface area (Å²) in [4.78, 5) is 1.54. The predicted molar refractivity (Wildman–Crippen MR) is 21.4 cm³/mol. The lowest BCUT2D eigenvalue weighted by atomic mass is 11.0. The van der Waals surface area contributed by atoms with E-state index in [1.807, 2.05) is 0 Å². The first-order valence-corrected chi connectivity index (χ1v) is 1.37. The molecular weight excluding hydrogens is 64.0 g/mol. The summed E-state index contributed by atoms with van der Waals surface area (Å²) in [6, 6.07) is 0. The van der Waals surface area contributed by atoms with Crippen LogP contribution in [0.4, 0.5) is 0 Å². The molecule has 0 aliphatic rings. The fourth-order valence-electron chi connectivity index (χ4n) is 0. The summed E-state index contributed by atoms with van der Waals surface area (Å²) < 4.78 is 0. The molecule has 0 heterocycles. The molecule has 0 unspecified atom stereocenters. The van der Waals surface area contributed by atoms with Crippen molar-refractivity contribution in [3.63, 3.8) is 0 Å². The minimum absolute atomic E-state index is 1.54. The van der Waals surface area contributed by atoms with Crippen LogP contribution in [0.1, 0.15) is 0 Å². The van der Waals surface area contributed by atoms with Gasteiger partial charge in [-0.15, -0.1) is 0 Å². The summed E-state index contributed by atoms with van der Waals surface area (Å²) in [5.41, 5.74) is 0. The molecule has 0 saturated heterocycles. The lowest BCUT2D eigenvalue weighted by Gasteiger charge is -2.14. The van der Waals surface area contributed by atoms with Crippen LogP contribution in [0, 0.1) is 5.41 Å². The molecule has 1 N–H and O–H groups in total. The molecule has 0 amide bonds. The summed E-state index contributed by atoms with van der Waals surface area (Å²) in [5, 5.41) is 6.33. The van der Waals surface area contributed by atoms with Crippen molar-refractivity contribution < 1.29 is 0 Å². The molecule has 30 valence electrons. The number of rotatable bonds is 1. The number of nitrogens with zero attached hydrogens (tertiary/aromatic N) is 1. The van der Waals surface area contributed by atoms with Gasteiger partial charge in [-0.05, 0) is 14.1 Å². The van der Waals surface area contributed by atoms with Crippen molar-refractivity contribution >= 4 is 6.34 Å². The third-order valence-electron chi connectivity index (χ3n) is 0.224. The number of hydrogen-bond donors (Lipinski definition) is 1. The Morgan fingerprint density at radius 3 is 1.80 bits per heavy atom. The summed E-state index contributed by atoms with van der Waals surface area (Å²) in [5.74, 6) is 0. The highest BCUT2D eigenvalue weighted by atomic mass is 15.1. The predicted octanol–water partition coefficient (Wildman–Crippen LogP) is 0.0321. The van der Waals surface area contributed by atoms with Gasteiger partial charge in [-0.25, -0.2) is 0 Å². The first kappa shape index (κ1) is 4.47. The fourth-order valence-corrected chi connectivity index (χ4v) is 0. The topological polar surface area (TPSA) is 27.1 Å². The molecule has 0 aromatic rings. The SMILES string of the molecule is CN(C)[C-]=N. The van der Waals surface area contributed by atoms with Crippen LogP contribution in [-0.2, 0) is 0 Å². The van der Waals surface area contributed by atoms with Gasteiger partial charge in [0.1, 0.15) is 0 Å². The van der Waals surface area contributed by atoms with Gasteiger partial charge in [-0.2, -0.15) is 0 Å². The largest absolute Gasteiger partial charge is 0.543 e. The van der Waals surface area contributed by atoms with Crippen molar-refractivity contribution in [2.24, 2.45) is 0 Å². The van der Waals surface area contributed by atoms with Crippen LogP contribution < -0.4 is 0 Å². The highest BCUT2D eigenvalue weighted by Gasteiger charge is 1.46. The monoisotopic (exact) mass is 71.1 g/mol. The van der Waals surface area contributed by atoms with E-state index in [0.29, 0.717) is 0 Å². The molecule has 0 spiro atoms. The van der Waals surface area contributed by atoms with Gasteiger partial charge in [-0.3, -0.25) is 0 Å². The zero-order valence-electron chi connectivity index (χ0n) is 3.45. The van der Waals surface area contributed by atoms with E-state index in [1.54, 1.807) is 19.0 Å². The average molecular weight is 71.1 g/mol. The second-order valence-corrected chi connectivity index (χ2v) is 1.01. The first-order valence-electron chi connectivity index (χ1n) is 1.37. The lowest BCUT2D eigenvalue weighted by Crippen LogP contribution is -2.05. The molecule has 0 radical (unpaired) electrons. The molecule has 2 nitrogen and oxygen atoms in total. The van der Waals surface area contributed by atoms with E-state index in [4.69, 9.17) is 5.41 Å². The van der Waals surface area contributed by atoms with Gasteiger partial charge >= 0.3 is 0 Å². The number of nitrogens with one attached hydrogen (secondary N) is 1. The van der Waals surface area contributed by atoms with E-state index in [0.717, 1.165) is 0 Å². The van der Waals surface area contributed by atoms with Crippen LogP contribution in [0.3, 0.4) is 0 Å². The van der Waals surface area contributed by atoms with Crippen LogP contribution in [0.5, 0.6) is 0 Å². The lowest BCUT2D eigenvalue weighted by molar-refractivity contribution is 0.639. The summed E-state index contributed by atoms with van der Waals surface area (Å²) in [6.45, 7) is 0. The molecule has 0 aliphatic carbocycles. The summed E-state index contributed by atoms with van der Waals surface area (Å²) in [7, 11) is 3.51. The first-order chi connectivity index (χ1) is 2.27. The molecule has 0 fully saturated rings. The van der Waals surface area contributed by atoms with Gasteiger partial charge in [0.25, 0.3) is 0 Å². The van der Waals surface area contributed by atoms with Crippen molar-refractivity contribution in [2.75, 3.05) is 14.1 Å². The smallest absolute Gasteiger partial charge is 0.0256 e. The Labute approximate surface area is 31.9 Å². The summed E-state index contributed by atoms with van der Waals surface area (Å²) >= 11 is 0. The van der Waals surface area contributed by atoms with E-state index < -0.39 is 0 Å². The Balaban J connectivity index is 2.83. The van der Waals surface area contributed by atoms with Gasteiger partial charge in [0.15, 0.2) is 0 Å². The van der Waals surface area contributed by atoms with E-state index in [2.05, 4.69) is 6.34 Å². The second-order valence-electron chi connectivity index (χ2n) is 1.01. The van der Waals surface area contributed by atoms with Crippen LogP contribution in [0.2, 0.25) is 0 Å². The van der Waals surface area contributed by atoms with Crippen LogP contribution >= 0.6 is 0 Å². The molecule has 5 heavy (non-hydrogen) atoms. The van der Waals surface area contributed by atoms with E-state index in [9.17, 15) is 0 Å². The Hall–Kier alpha value is -0.530. The van der Waals surface area contributed by atoms with Gasteiger partial charge in [0.05, 0.1) is 0 Å². The van der Waals surface area contributed by atoms with Gasteiger partial charge in [0.2, 0.25) is 0 Å². The maximum absolute atomic E-state index is 6.33. The molecule has 0 atom stereocenters. The molecule has 0 saturated carbocycles. The molecule has 2 heteroatoms.